The van der Waals surface area contributed by atoms with E-state index < -0.39 is 6.10 Å². The second-order valence-corrected chi connectivity index (χ2v) is 3.40. The topological polar surface area (TPSA) is 20.2 Å². The number of hydrogen-bond donors (Lipinski definition) is 1. The summed E-state index contributed by atoms with van der Waals surface area (Å²) in [5.74, 6) is 0.00931. The van der Waals surface area contributed by atoms with Crippen molar-refractivity contribution in [2.45, 2.75) is 25.4 Å². The highest BCUT2D eigenvalue weighted by Gasteiger charge is 2.28. The fraction of sp³-hybridized carbons (Fsp3) is 0.400. The maximum atomic E-state index is 13.2. The number of aliphatic hydroxyl groups excluding tert-OH is 1. The Morgan fingerprint density at radius 2 is 2.25 bits per heavy atom. The molecule has 1 aliphatic carbocycles. The smallest absolute Gasteiger partial charge is 0.129 e. The molecule has 0 radical (unpaired) electrons. The molecule has 12 heavy (non-hydrogen) atoms. The number of halogens is 1. The maximum absolute atomic E-state index is 13.2. The largest absolute Gasteiger partial charge is 0.388 e. The summed E-state index contributed by atoms with van der Waals surface area (Å²) in [6.45, 7) is 2.01. The van der Waals surface area contributed by atoms with Gasteiger partial charge in [0.25, 0.3) is 0 Å². The molecule has 1 aromatic rings. The molecule has 1 nitrogen and oxygen atoms in total. The SMILES string of the molecule is CC1CC(O)c2c(F)cccc21. The fourth-order valence-electron chi connectivity index (χ4n) is 1.91. The van der Waals surface area contributed by atoms with Gasteiger partial charge in [0.05, 0.1) is 6.10 Å². The molecule has 0 saturated heterocycles. The first kappa shape index (κ1) is 7.74. The summed E-state index contributed by atoms with van der Waals surface area (Å²) in [6.07, 6.45) is 0.0483. The second-order valence-electron chi connectivity index (χ2n) is 3.40. The van der Waals surface area contributed by atoms with E-state index in [2.05, 4.69) is 0 Å². The van der Waals surface area contributed by atoms with Crippen LogP contribution in [0.15, 0.2) is 18.2 Å². The van der Waals surface area contributed by atoms with Crippen LogP contribution < -0.4 is 0 Å². The van der Waals surface area contributed by atoms with Gasteiger partial charge >= 0.3 is 0 Å². The number of rotatable bonds is 0. The number of aliphatic hydroxyl groups is 1. The predicted octanol–water partition coefficient (Wildman–Crippen LogP) is 2.37. The lowest BCUT2D eigenvalue weighted by molar-refractivity contribution is 0.170. The van der Waals surface area contributed by atoms with Crippen LogP contribution in [-0.2, 0) is 0 Å². The zero-order valence-electron chi connectivity index (χ0n) is 6.92. The number of fused-ring (bicyclic) bond motifs is 1. The summed E-state index contributed by atoms with van der Waals surface area (Å²) in [7, 11) is 0. The molecule has 2 unspecified atom stereocenters. The van der Waals surface area contributed by atoms with Crippen molar-refractivity contribution in [2.24, 2.45) is 0 Å². The third-order valence-electron chi connectivity index (χ3n) is 2.53. The van der Waals surface area contributed by atoms with Crippen molar-refractivity contribution in [3.8, 4) is 0 Å². The van der Waals surface area contributed by atoms with Crippen LogP contribution in [0.4, 0.5) is 4.39 Å². The van der Waals surface area contributed by atoms with E-state index >= 15 is 0 Å². The van der Waals surface area contributed by atoms with Crippen molar-refractivity contribution >= 4 is 0 Å². The number of hydrogen-bond acceptors (Lipinski definition) is 1. The van der Waals surface area contributed by atoms with Gasteiger partial charge < -0.3 is 5.11 Å². The molecule has 0 aromatic heterocycles. The van der Waals surface area contributed by atoms with Crippen molar-refractivity contribution in [2.75, 3.05) is 0 Å². The minimum atomic E-state index is -0.601. The van der Waals surface area contributed by atoms with Crippen LogP contribution in [0.25, 0.3) is 0 Å². The standard InChI is InChI=1S/C10H11FO/c1-6-5-9(12)10-7(6)3-2-4-8(10)11/h2-4,6,9,12H,5H2,1H3. The third kappa shape index (κ3) is 0.950. The Labute approximate surface area is 70.8 Å². The van der Waals surface area contributed by atoms with E-state index in [-0.39, 0.29) is 11.7 Å². The molecule has 0 heterocycles. The first-order valence-electron chi connectivity index (χ1n) is 4.16. The lowest BCUT2D eigenvalue weighted by atomic mass is 10.0. The lowest BCUT2D eigenvalue weighted by Crippen LogP contribution is -1.94. The van der Waals surface area contributed by atoms with E-state index in [9.17, 15) is 9.50 Å². The zero-order valence-corrected chi connectivity index (χ0v) is 6.92. The predicted molar refractivity (Wildman–Crippen MR) is 44.4 cm³/mol. The van der Waals surface area contributed by atoms with Crippen LogP contribution in [0.3, 0.4) is 0 Å². The van der Waals surface area contributed by atoms with E-state index in [0.717, 1.165) is 5.56 Å². The molecule has 0 amide bonds. The Kier molecular flexibility index (Phi) is 1.65. The fourth-order valence-corrected chi connectivity index (χ4v) is 1.91. The van der Waals surface area contributed by atoms with Gasteiger partial charge in [-0.15, -0.1) is 0 Å². The van der Waals surface area contributed by atoms with Crippen LogP contribution in [0.2, 0.25) is 0 Å². The molecule has 2 atom stereocenters. The summed E-state index contributed by atoms with van der Waals surface area (Å²) < 4.78 is 13.2. The van der Waals surface area contributed by atoms with Gasteiger partial charge in [-0.05, 0) is 24.0 Å². The maximum Gasteiger partial charge on any atom is 0.129 e. The molecule has 0 saturated carbocycles. The van der Waals surface area contributed by atoms with Gasteiger partial charge in [0, 0.05) is 5.56 Å². The molecular formula is C10H11FO. The molecular weight excluding hydrogens is 155 g/mol. The Bertz CT molecular complexity index is 309. The van der Waals surface area contributed by atoms with E-state index in [1.54, 1.807) is 6.07 Å². The van der Waals surface area contributed by atoms with Gasteiger partial charge in [0.1, 0.15) is 5.82 Å². The molecule has 0 bridgehead atoms. The Morgan fingerprint density at radius 1 is 1.50 bits per heavy atom. The third-order valence-corrected chi connectivity index (χ3v) is 2.53. The molecule has 64 valence electrons. The van der Waals surface area contributed by atoms with Crippen LogP contribution in [-0.4, -0.2) is 5.11 Å². The van der Waals surface area contributed by atoms with Gasteiger partial charge in [-0.3, -0.25) is 0 Å². The normalized spacial score (nSPS) is 27.2. The molecule has 1 aromatic carbocycles. The van der Waals surface area contributed by atoms with Gasteiger partial charge in [0.2, 0.25) is 0 Å². The molecule has 0 spiro atoms. The summed E-state index contributed by atoms with van der Waals surface area (Å²) in [6, 6.07) is 4.99. The highest BCUT2D eigenvalue weighted by atomic mass is 19.1. The van der Waals surface area contributed by atoms with Crippen molar-refractivity contribution in [1.29, 1.82) is 0 Å². The van der Waals surface area contributed by atoms with Crippen molar-refractivity contribution in [3.05, 3.63) is 35.1 Å². The molecule has 0 aliphatic heterocycles. The minimum absolute atomic E-state index is 0.274. The molecule has 1 aliphatic rings. The van der Waals surface area contributed by atoms with Crippen LogP contribution >= 0.6 is 0 Å². The van der Waals surface area contributed by atoms with Crippen LogP contribution in [0, 0.1) is 5.82 Å². The average molecular weight is 166 g/mol. The Morgan fingerprint density at radius 3 is 2.92 bits per heavy atom. The molecule has 1 N–H and O–H groups in total. The van der Waals surface area contributed by atoms with Crippen molar-refractivity contribution in [1.82, 2.24) is 0 Å². The Balaban J connectivity index is 2.59. The quantitative estimate of drug-likeness (QED) is 0.627. The lowest BCUT2D eigenvalue weighted by Gasteiger charge is -2.04. The minimum Gasteiger partial charge on any atom is -0.388 e. The number of benzene rings is 1. The second kappa shape index (κ2) is 2.56. The summed E-state index contributed by atoms with van der Waals surface area (Å²) in [5.41, 5.74) is 1.47. The van der Waals surface area contributed by atoms with E-state index in [1.165, 1.54) is 6.07 Å². The first-order valence-corrected chi connectivity index (χ1v) is 4.16. The van der Waals surface area contributed by atoms with E-state index in [4.69, 9.17) is 0 Å². The first-order chi connectivity index (χ1) is 5.70. The highest BCUT2D eigenvalue weighted by Crippen LogP contribution is 2.40. The van der Waals surface area contributed by atoms with Gasteiger partial charge in [-0.2, -0.15) is 0 Å². The zero-order chi connectivity index (χ0) is 8.72. The van der Waals surface area contributed by atoms with Gasteiger partial charge in [-0.25, -0.2) is 4.39 Å². The average Bonchev–Trinajstić information content (AvgIpc) is 2.29. The summed E-state index contributed by atoms with van der Waals surface area (Å²) >= 11 is 0. The highest BCUT2D eigenvalue weighted by molar-refractivity contribution is 5.37. The molecule has 2 rings (SSSR count). The summed E-state index contributed by atoms with van der Waals surface area (Å²) in [5, 5.41) is 9.49. The van der Waals surface area contributed by atoms with E-state index in [0.29, 0.717) is 12.0 Å². The Hall–Kier alpha value is -0.890. The van der Waals surface area contributed by atoms with Crippen LogP contribution in [0.1, 0.15) is 36.5 Å². The van der Waals surface area contributed by atoms with Gasteiger partial charge in [0.15, 0.2) is 0 Å². The molecule has 2 heteroatoms. The van der Waals surface area contributed by atoms with Crippen molar-refractivity contribution < 1.29 is 9.50 Å². The molecule has 0 fully saturated rings. The van der Waals surface area contributed by atoms with Crippen molar-refractivity contribution in [3.63, 3.8) is 0 Å². The van der Waals surface area contributed by atoms with E-state index in [1.807, 2.05) is 13.0 Å². The van der Waals surface area contributed by atoms with Crippen LogP contribution in [0.5, 0.6) is 0 Å². The summed E-state index contributed by atoms with van der Waals surface area (Å²) in [4.78, 5) is 0. The monoisotopic (exact) mass is 166 g/mol. The van der Waals surface area contributed by atoms with Gasteiger partial charge in [-0.1, -0.05) is 19.1 Å².